The van der Waals surface area contributed by atoms with Gasteiger partial charge in [-0.1, -0.05) is 35.0 Å². The van der Waals surface area contributed by atoms with Crippen molar-refractivity contribution in [3.05, 3.63) is 34.3 Å². The van der Waals surface area contributed by atoms with Gasteiger partial charge in [-0.3, -0.25) is 0 Å². The van der Waals surface area contributed by atoms with Gasteiger partial charge < -0.3 is 5.73 Å². The molecule has 1 aromatic rings. The van der Waals surface area contributed by atoms with E-state index in [0.717, 1.165) is 22.2 Å². The number of benzene rings is 1. The van der Waals surface area contributed by atoms with Crippen LogP contribution >= 0.6 is 15.9 Å². The number of halogens is 1. The predicted molar refractivity (Wildman–Crippen MR) is 66.1 cm³/mol. The first-order valence-corrected chi connectivity index (χ1v) is 5.62. The van der Waals surface area contributed by atoms with Crippen molar-refractivity contribution < 1.29 is 0 Å². The molecule has 0 radical (unpaired) electrons. The SMILES string of the molecule is CC1CC(N)=NN=C1c1cccc(Br)c1. The van der Waals surface area contributed by atoms with Crippen molar-refractivity contribution in [2.45, 2.75) is 13.3 Å². The van der Waals surface area contributed by atoms with Crippen LogP contribution in [-0.4, -0.2) is 11.5 Å². The van der Waals surface area contributed by atoms with E-state index in [9.17, 15) is 0 Å². The molecule has 0 aromatic heterocycles. The fourth-order valence-electron chi connectivity index (χ4n) is 1.66. The molecule has 1 aliphatic heterocycles. The Bertz CT molecular complexity index is 437. The van der Waals surface area contributed by atoms with Crippen LogP contribution in [0.2, 0.25) is 0 Å². The molecule has 15 heavy (non-hydrogen) atoms. The summed E-state index contributed by atoms with van der Waals surface area (Å²) in [6.07, 6.45) is 0.783. The Kier molecular flexibility index (Phi) is 2.86. The van der Waals surface area contributed by atoms with Crippen LogP contribution in [0.1, 0.15) is 18.9 Å². The fourth-order valence-corrected chi connectivity index (χ4v) is 2.06. The first-order chi connectivity index (χ1) is 7.16. The number of amidine groups is 1. The van der Waals surface area contributed by atoms with Gasteiger partial charge in [0.25, 0.3) is 0 Å². The number of nitrogens with two attached hydrogens (primary N) is 1. The number of hydrogen-bond acceptors (Lipinski definition) is 3. The molecule has 4 heteroatoms. The van der Waals surface area contributed by atoms with Crippen LogP contribution in [0, 0.1) is 5.92 Å². The van der Waals surface area contributed by atoms with Crippen molar-refractivity contribution in [2.24, 2.45) is 21.9 Å². The third-order valence-corrected chi connectivity index (χ3v) is 2.88. The molecule has 0 spiro atoms. The van der Waals surface area contributed by atoms with Crippen LogP contribution in [0.15, 0.2) is 38.9 Å². The van der Waals surface area contributed by atoms with E-state index in [0.29, 0.717) is 11.8 Å². The van der Waals surface area contributed by atoms with Gasteiger partial charge in [0.1, 0.15) is 5.84 Å². The van der Waals surface area contributed by atoms with Crippen molar-refractivity contribution in [2.75, 3.05) is 0 Å². The molecule has 0 saturated heterocycles. The highest BCUT2D eigenvalue weighted by atomic mass is 79.9. The van der Waals surface area contributed by atoms with Crippen LogP contribution in [0.25, 0.3) is 0 Å². The summed E-state index contributed by atoms with van der Waals surface area (Å²) in [4.78, 5) is 0. The van der Waals surface area contributed by atoms with E-state index in [2.05, 4.69) is 33.1 Å². The van der Waals surface area contributed by atoms with Crippen LogP contribution in [0.5, 0.6) is 0 Å². The minimum Gasteiger partial charge on any atom is -0.386 e. The lowest BCUT2D eigenvalue weighted by molar-refractivity contribution is 0.783. The highest BCUT2D eigenvalue weighted by Gasteiger charge is 2.18. The van der Waals surface area contributed by atoms with Gasteiger partial charge in [0.05, 0.1) is 5.71 Å². The summed E-state index contributed by atoms with van der Waals surface area (Å²) in [5, 5.41) is 8.10. The second kappa shape index (κ2) is 4.14. The topological polar surface area (TPSA) is 50.7 Å². The summed E-state index contributed by atoms with van der Waals surface area (Å²) < 4.78 is 1.05. The minimum absolute atomic E-state index is 0.330. The van der Waals surface area contributed by atoms with Crippen LogP contribution in [0.3, 0.4) is 0 Å². The van der Waals surface area contributed by atoms with Crippen LogP contribution < -0.4 is 5.73 Å². The Labute approximate surface area is 97.2 Å². The van der Waals surface area contributed by atoms with Crippen molar-refractivity contribution in [3.63, 3.8) is 0 Å². The average Bonchev–Trinajstić information content (AvgIpc) is 2.17. The standard InChI is InChI=1S/C11H12BrN3/c1-7-5-10(13)14-15-11(7)8-3-2-4-9(12)6-8/h2-4,6-7H,5H2,1H3,(H2,13,14). The monoisotopic (exact) mass is 265 g/mol. The third-order valence-electron chi connectivity index (χ3n) is 2.39. The molecular weight excluding hydrogens is 254 g/mol. The van der Waals surface area contributed by atoms with E-state index in [4.69, 9.17) is 5.73 Å². The maximum atomic E-state index is 5.63. The van der Waals surface area contributed by atoms with Gasteiger partial charge in [-0.25, -0.2) is 0 Å². The van der Waals surface area contributed by atoms with Gasteiger partial charge in [0, 0.05) is 16.8 Å². The predicted octanol–water partition coefficient (Wildman–Crippen LogP) is 2.55. The van der Waals surface area contributed by atoms with Crippen molar-refractivity contribution in [1.82, 2.24) is 0 Å². The second-order valence-corrected chi connectivity index (χ2v) is 4.61. The first-order valence-electron chi connectivity index (χ1n) is 4.82. The Morgan fingerprint density at radius 1 is 1.40 bits per heavy atom. The quantitative estimate of drug-likeness (QED) is 0.834. The van der Waals surface area contributed by atoms with E-state index in [1.54, 1.807) is 0 Å². The molecule has 1 aromatic carbocycles. The summed E-state index contributed by atoms with van der Waals surface area (Å²) >= 11 is 3.45. The molecule has 0 bridgehead atoms. The van der Waals surface area contributed by atoms with E-state index >= 15 is 0 Å². The molecule has 3 nitrogen and oxygen atoms in total. The smallest absolute Gasteiger partial charge is 0.123 e. The Balaban J connectivity index is 2.39. The molecule has 0 aliphatic carbocycles. The van der Waals surface area contributed by atoms with Crippen molar-refractivity contribution in [3.8, 4) is 0 Å². The van der Waals surface area contributed by atoms with Gasteiger partial charge >= 0.3 is 0 Å². The molecule has 1 unspecified atom stereocenters. The minimum atomic E-state index is 0.330. The summed E-state index contributed by atoms with van der Waals surface area (Å²) in [5.41, 5.74) is 7.74. The zero-order chi connectivity index (χ0) is 10.8. The number of hydrogen-bond donors (Lipinski definition) is 1. The maximum Gasteiger partial charge on any atom is 0.123 e. The zero-order valence-corrected chi connectivity index (χ0v) is 10.0. The third kappa shape index (κ3) is 2.26. The highest BCUT2D eigenvalue weighted by molar-refractivity contribution is 9.10. The lowest BCUT2D eigenvalue weighted by Crippen LogP contribution is -2.25. The lowest BCUT2D eigenvalue weighted by Gasteiger charge is -2.17. The first kappa shape index (κ1) is 10.4. The van der Waals surface area contributed by atoms with E-state index < -0.39 is 0 Å². The summed E-state index contributed by atoms with van der Waals surface area (Å²) in [5.74, 6) is 0.943. The van der Waals surface area contributed by atoms with E-state index in [1.807, 2.05) is 24.3 Å². The van der Waals surface area contributed by atoms with E-state index in [1.165, 1.54) is 0 Å². The lowest BCUT2D eigenvalue weighted by atomic mass is 9.94. The van der Waals surface area contributed by atoms with Gasteiger partial charge in [-0.05, 0) is 17.7 Å². The molecule has 0 amide bonds. The van der Waals surface area contributed by atoms with Crippen molar-refractivity contribution >= 4 is 27.5 Å². The fraction of sp³-hybridized carbons (Fsp3) is 0.273. The van der Waals surface area contributed by atoms with E-state index in [-0.39, 0.29) is 0 Å². The largest absolute Gasteiger partial charge is 0.386 e. The molecule has 0 fully saturated rings. The Hall–Kier alpha value is -1.16. The molecule has 78 valence electrons. The summed E-state index contributed by atoms with van der Waals surface area (Å²) in [7, 11) is 0. The number of rotatable bonds is 1. The van der Waals surface area contributed by atoms with Crippen LogP contribution in [0.4, 0.5) is 0 Å². The van der Waals surface area contributed by atoms with Crippen molar-refractivity contribution in [1.29, 1.82) is 0 Å². The maximum absolute atomic E-state index is 5.63. The highest BCUT2D eigenvalue weighted by Crippen LogP contribution is 2.20. The molecule has 1 atom stereocenters. The van der Waals surface area contributed by atoms with Gasteiger partial charge in [-0.2, -0.15) is 5.10 Å². The average molecular weight is 266 g/mol. The van der Waals surface area contributed by atoms with Gasteiger partial charge in [-0.15, -0.1) is 5.10 Å². The summed E-state index contributed by atoms with van der Waals surface area (Å²) in [6, 6.07) is 8.08. The van der Waals surface area contributed by atoms with Crippen LogP contribution in [-0.2, 0) is 0 Å². The Morgan fingerprint density at radius 3 is 2.87 bits per heavy atom. The summed E-state index contributed by atoms with van der Waals surface area (Å²) in [6.45, 7) is 2.11. The van der Waals surface area contributed by atoms with Gasteiger partial charge in [0.2, 0.25) is 0 Å². The molecule has 2 rings (SSSR count). The molecule has 0 saturated carbocycles. The Morgan fingerprint density at radius 2 is 2.20 bits per heavy atom. The molecule has 1 aliphatic rings. The second-order valence-electron chi connectivity index (χ2n) is 3.69. The molecular formula is C11H12BrN3. The number of nitrogens with zero attached hydrogens (tertiary/aromatic N) is 2. The zero-order valence-electron chi connectivity index (χ0n) is 8.44. The normalized spacial score (nSPS) is 20.8. The molecule has 1 heterocycles. The molecule has 2 N–H and O–H groups in total. The van der Waals surface area contributed by atoms with Gasteiger partial charge in [0.15, 0.2) is 0 Å².